The van der Waals surface area contributed by atoms with Crippen molar-refractivity contribution in [1.29, 1.82) is 0 Å². The summed E-state index contributed by atoms with van der Waals surface area (Å²) < 4.78 is 12.5. The number of carbonyl (C=O) groups excluding carboxylic acids is 1. The van der Waals surface area contributed by atoms with Crippen LogP contribution < -0.4 is 0 Å². The Bertz CT molecular complexity index is 948. The van der Waals surface area contributed by atoms with Gasteiger partial charge in [0.1, 0.15) is 22.8 Å². The molecule has 0 spiro atoms. The van der Waals surface area contributed by atoms with E-state index in [0.717, 1.165) is 37.4 Å². The van der Waals surface area contributed by atoms with Gasteiger partial charge in [0.25, 0.3) is 0 Å². The van der Waals surface area contributed by atoms with Crippen LogP contribution in [0.3, 0.4) is 0 Å². The zero-order chi connectivity index (χ0) is 18.8. The van der Waals surface area contributed by atoms with E-state index in [2.05, 4.69) is 24.7 Å². The molecule has 8 heteroatoms. The van der Waals surface area contributed by atoms with Crippen LogP contribution >= 0.6 is 0 Å². The molecule has 0 aliphatic carbocycles. The van der Waals surface area contributed by atoms with Crippen molar-refractivity contribution >= 4 is 11.6 Å². The van der Waals surface area contributed by atoms with Crippen molar-refractivity contribution in [3.63, 3.8) is 0 Å². The molecular weight excluding hydrogens is 346 g/mol. The number of carbonyl (C=O) groups is 1. The van der Waals surface area contributed by atoms with Gasteiger partial charge >= 0.3 is 5.97 Å². The Morgan fingerprint density at radius 3 is 3.11 bits per heavy atom. The summed E-state index contributed by atoms with van der Waals surface area (Å²) in [7, 11) is 0. The Balaban J connectivity index is 1.52. The molecular formula is C19H23N5O3. The Morgan fingerprint density at radius 1 is 1.37 bits per heavy atom. The summed E-state index contributed by atoms with van der Waals surface area (Å²) in [6.07, 6.45) is 4.12. The predicted octanol–water partition coefficient (Wildman–Crippen LogP) is 2.58. The van der Waals surface area contributed by atoms with E-state index in [1.807, 2.05) is 24.4 Å². The van der Waals surface area contributed by atoms with Gasteiger partial charge in [-0.1, -0.05) is 11.2 Å². The van der Waals surface area contributed by atoms with Crippen molar-refractivity contribution in [3.05, 3.63) is 47.2 Å². The molecule has 0 saturated carbocycles. The predicted molar refractivity (Wildman–Crippen MR) is 97.4 cm³/mol. The highest BCUT2D eigenvalue weighted by Gasteiger charge is 2.28. The average molecular weight is 369 g/mol. The van der Waals surface area contributed by atoms with Gasteiger partial charge in [-0.3, -0.25) is 9.30 Å². The van der Waals surface area contributed by atoms with Crippen molar-refractivity contribution in [2.24, 2.45) is 0 Å². The number of hydrogen-bond donors (Lipinski definition) is 0. The van der Waals surface area contributed by atoms with Crippen LogP contribution in [0.2, 0.25) is 0 Å². The third kappa shape index (κ3) is 3.44. The van der Waals surface area contributed by atoms with E-state index in [-0.39, 0.29) is 11.9 Å². The summed E-state index contributed by atoms with van der Waals surface area (Å²) in [5.74, 6) is 1.40. The van der Waals surface area contributed by atoms with Gasteiger partial charge in [0.05, 0.1) is 6.61 Å². The third-order valence-corrected chi connectivity index (χ3v) is 5.00. The van der Waals surface area contributed by atoms with Crippen LogP contribution in [0.25, 0.3) is 5.65 Å². The van der Waals surface area contributed by atoms with Gasteiger partial charge in [-0.15, -0.1) is 10.2 Å². The van der Waals surface area contributed by atoms with Crippen LogP contribution in [0, 0.1) is 6.92 Å². The van der Waals surface area contributed by atoms with E-state index in [9.17, 15) is 4.79 Å². The van der Waals surface area contributed by atoms with E-state index in [0.29, 0.717) is 30.2 Å². The van der Waals surface area contributed by atoms with E-state index < -0.39 is 0 Å². The number of rotatable bonds is 5. The molecule has 8 nitrogen and oxygen atoms in total. The van der Waals surface area contributed by atoms with Crippen LogP contribution in [-0.4, -0.2) is 50.3 Å². The molecule has 0 amide bonds. The number of fused-ring (bicyclic) bond motifs is 1. The van der Waals surface area contributed by atoms with Crippen molar-refractivity contribution in [2.45, 2.75) is 39.2 Å². The third-order valence-electron chi connectivity index (χ3n) is 5.00. The molecule has 3 aromatic rings. The highest BCUT2D eigenvalue weighted by Crippen LogP contribution is 2.27. The van der Waals surface area contributed by atoms with Crippen LogP contribution in [-0.2, 0) is 11.3 Å². The topological polar surface area (TPSA) is 85.8 Å². The smallest absolute Gasteiger partial charge is 0.343 e. The zero-order valence-corrected chi connectivity index (χ0v) is 15.6. The molecule has 0 aromatic carbocycles. The van der Waals surface area contributed by atoms with Gasteiger partial charge in [0, 0.05) is 25.2 Å². The minimum atomic E-state index is -0.372. The molecule has 4 heterocycles. The number of piperidine rings is 1. The van der Waals surface area contributed by atoms with Crippen LogP contribution in [0.4, 0.5) is 0 Å². The SMILES string of the molecule is CCOC(=O)c1c(CN2CCCC(c3nnc4ccccn34)C2)noc1C. The molecule has 27 heavy (non-hydrogen) atoms. The normalized spacial score (nSPS) is 18.1. The van der Waals surface area contributed by atoms with Gasteiger partial charge in [0.2, 0.25) is 0 Å². The second-order valence-electron chi connectivity index (χ2n) is 6.84. The number of aromatic nitrogens is 4. The molecule has 3 aromatic heterocycles. The van der Waals surface area contributed by atoms with Crippen molar-refractivity contribution in [2.75, 3.05) is 19.7 Å². The highest BCUT2D eigenvalue weighted by atomic mass is 16.5. The van der Waals surface area contributed by atoms with Crippen LogP contribution in [0.15, 0.2) is 28.9 Å². The summed E-state index contributed by atoms with van der Waals surface area (Å²) in [6.45, 7) is 6.20. The average Bonchev–Trinajstić information content (AvgIpc) is 3.26. The van der Waals surface area contributed by atoms with Gasteiger partial charge < -0.3 is 9.26 Å². The number of hydrogen-bond acceptors (Lipinski definition) is 7. The lowest BCUT2D eigenvalue weighted by atomic mass is 9.97. The molecule has 0 radical (unpaired) electrons. The second-order valence-corrected chi connectivity index (χ2v) is 6.84. The van der Waals surface area contributed by atoms with Gasteiger partial charge in [0.15, 0.2) is 5.65 Å². The number of aryl methyl sites for hydroxylation is 1. The minimum Gasteiger partial charge on any atom is -0.462 e. The first-order chi connectivity index (χ1) is 13.2. The second kappa shape index (κ2) is 7.48. The maximum atomic E-state index is 12.2. The Kier molecular flexibility index (Phi) is 4.89. The summed E-state index contributed by atoms with van der Waals surface area (Å²) in [4.78, 5) is 14.5. The molecule has 1 atom stereocenters. The number of pyridine rings is 1. The molecule has 1 saturated heterocycles. The molecule has 1 aliphatic rings. The molecule has 0 bridgehead atoms. The highest BCUT2D eigenvalue weighted by molar-refractivity contribution is 5.91. The molecule has 4 rings (SSSR count). The monoisotopic (exact) mass is 369 g/mol. The minimum absolute atomic E-state index is 0.287. The summed E-state index contributed by atoms with van der Waals surface area (Å²) >= 11 is 0. The Hall–Kier alpha value is -2.74. The van der Waals surface area contributed by atoms with Crippen LogP contribution in [0.5, 0.6) is 0 Å². The lowest BCUT2D eigenvalue weighted by Gasteiger charge is -2.31. The first kappa shape index (κ1) is 17.7. The molecule has 1 aliphatic heterocycles. The van der Waals surface area contributed by atoms with Crippen molar-refractivity contribution in [3.8, 4) is 0 Å². The fraction of sp³-hybridized carbons (Fsp3) is 0.474. The molecule has 1 unspecified atom stereocenters. The quantitative estimate of drug-likeness (QED) is 0.639. The lowest BCUT2D eigenvalue weighted by molar-refractivity contribution is 0.0521. The van der Waals surface area contributed by atoms with Crippen molar-refractivity contribution in [1.82, 2.24) is 24.7 Å². The lowest BCUT2D eigenvalue weighted by Crippen LogP contribution is -2.35. The summed E-state index contributed by atoms with van der Waals surface area (Å²) in [5.41, 5.74) is 1.95. The van der Waals surface area contributed by atoms with Crippen molar-refractivity contribution < 1.29 is 14.1 Å². The number of nitrogens with zero attached hydrogens (tertiary/aromatic N) is 5. The van der Waals surface area contributed by atoms with E-state index >= 15 is 0 Å². The van der Waals surface area contributed by atoms with E-state index in [1.165, 1.54) is 0 Å². The molecule has 0 N–H and O–H groups in total. The molecule has 142 valence electrons. The van der Waals surface area contributed by atoms with Gasteiger partial charge in [-0.2, -0.15) is 0 Å². The first-order valence-corrected chi connectivity index (χ1v) is 9.31. The molecule has 1 fully saturated rings. The fourth-order valence-electron chi connectivity index (χ4n) is 3.75. The Labute approximate surface area is 157 Å². The first-order valence-electron chi connectivity index (χ1n) is 9.31. The number of esters is 1. The van der Waals surface area contributed by atoms with Gasteiger partial charge in [-0.05, 0) is 45.4 Å². The Morgan fingerprint density at radius 2 is 2.26 bits per heavy atom. The van der Waals surface area contributed by atoms with E-state index in [1.54, 1.807) is 13.8 Å². The number of ether oxygens (including phenoxy) is 1. The largest absolute Gasteiger partial charge is 0.462 e. The fourth-order valence-corrected chi connectivity index (χ4v) is 3.75. The standard InChI is InChI=1S/C19H23N5O3/c1-3-26-19(25)17-13(2)27-22-15(17)12-23-9-6-7-14(11-23)18-21-20-16-8-4-5-10-24(16)18/h4-5,8,10,14H,3,6-7,9,11-12H2,1-2H3. The zero-order valence-electron chi connectivity index (χ0n) is 15.6. The summed E-state index contributed by atoms with van der Waals surface area (Å²) in [6, 6.07) is 5.91. The maximum Gasteiger partial charge on any atom is 0.343 e. The van der Waals surface area contributed by atoms with Crippen LogP contribution in [0.1, 0.15) is 53.3 Å². The number of likely N-dealkylation sites (tertiary alicyclic amines) is 1. The van der Waals surface area contributed by atoms with Gasteiger partial charge in [-0.25, -0.2) is 4.79 Å². The van der Waals surface area contributed by atoms with E-state index in [4.69, 9.17) is 9.26 Å². The maximum absolute atomic E-state index is 12.2. The summed E-state index contributed by atoms with van der Waals surface area (Å²) in [5, 5.41) is 12.8.